The monoisotopic (exact) mass is 396 g/mol. The minimum atomic E-state index is 0.769. The van der Waals surface area contributed by atoms with Crippen LogP contribution in [-0.2, 0) is 13.6 Å². The number of hydrogen-bond donors (Lipinski definition) is 1. The van der Waals surface area contributed by atoms with Crippen molar-refractivity contribution in [2.24, 2.45) is 7.05 Å². The van der Waals surface area contributed by atoms with Crippen LogP contribution in [0.1, 0.15) is 5.56 Å². The number of nitrogens with zero attached hydrogens (tertiary/aromatic N) is 1. The van der Waals surface area contributed by atoms with Gasteiger partial charge in [-0.2, -0.15) is 0 Å². The summed E-state index contributed by atoms with van der Waals surface area (Å²) in [5, 5.41) is 5.55. The molecule has 0 bridgehead atoms. The normalized spacial score (nSPS) is 10.9. The summed E-state index contributed by atoms with van der Waals surface area (Å²) in [5.41, 5.74) is 3.67. The number of nitrogens with one attached hydrogen (secondary N) is 1. The lowest BCUT2D eigenvalue weighted by Crippen LogP contribution is -2.00. The average Bonchev–Trinajstić information content (AvgIpc) is 2.75. The zero-order valence-corrected chi connectivity index (χ0v) is 13.9. The average molecular weight is 397 g/mol. The maximum absolute atomic E-state index is 5.98. The highest BCUT2D eigenvalue weighted by Gasteiger charge is 2.06. The van der Waals surface area contributed by atoms with Crippen LogP contribution in [0.3, 0.4) is 0 Å². The van der Waals surface area contributed by atoms with Gasteiger partial charge in [0.05, 0.1) is 0 Å². The van der Waals surface area contributed by atoms with Crippen LogP contribution >= 0.6 is 34.2 Å². The highest BCUT2D eigenvalue weighted by atomic mass is 127. The molecule has 0 radical (unpaired) electrons. The highest BCUT2D eigenvalue weighted by Crippen LogP contribution is 2.25. The summed E-state index contributed by atoms with van der Waals surface area (Å²) in [4.78, 5) is 0. The van der Waals surface area contributed by atoms with E-state index in [0.29, 0.717) is 0 Å². The summed E-state index contributed by atoms with van der Waals surface area (Å²) < 4.78 is 3.30. The SMILES string of the molecule is Cn1cc(CNc2ccc(Cl)cc2I)c2ccccc21. The summed E-state index contributed by atoms with van der Waals surface area (Å²) in [6.45, 7) is 0.805. The van der Waals surface area contributed by atoms with Crippen molar-refractivity contribution < 1.29 is 0 Å². The second kappa shape index (κ2) is 5.66. The molecule has 0 amide bonds. The Bertz CT molecular complexity index is 764. The van der Waals surface area contributed by atoms with Crippen molar-refractivity contribution in [1.82, 2.24) is 4.57 Å². The van der Waals surface area contributed by atoms with Crippen molar-refractivity contribution in [3.63, 3.8) is 0 Å². The van der Waals surface area contributed by atoms with Crippen molar-refractivity contribution in [2.75, 3.05) is 5.32 Å². The van der Waals surface area contributed by atoms with E-state index < -0.39 is 0 Å². The van der Waals surface area contributed by atoms with E-state index in [4.69, 9.17) is 11.6 Å². The smallest absolute Gasteiger partial charge is 0.0481 e. The molecule has 3 rings (SSSR count). The van der Waals surface area contributed by atoms with Gasteiger partial charge in [-0.05, 0) is 52.4 Å². The van der Waals surface area contributed by atoms with Gasteiger partial charge in [-0.1, -0.05) is 29.8 Å². The van der Waals surface area contributed by atoms with Gasteiger partial charge in [-0.3, -0.25) is 0 Å². The molecule has 0 saturated heterocycles. The number of para-hydroxylation sites is 1. The first-order chi connectivity index (χ1) is 9.65. The second-order valence-corrected chi connectivity index (χ2v) is 6.36. The molecule has 1 N–H and O–H groups in total. The quantitative estimate of drug-likeness (QED) is 0.613. The van der Waals surface area contributed by atoms with Gasteiger partial charge in [0.15, 0.2) is 0 Å². The predicted octanol–water partition coefficient (Wildman–Crippen LogP) is 5.05. The zero-order chi connectivity index (χ0) is 14.1. The molecule has 0 fully saturated rings. The molecule has 2 nitrogen and oxygen atoms in total. The molecule has 0 aliphatic carbocycles. The number of hydrogen-bond acceptors (Lipinski definition) is 1. The van der Waals surface area contributed by atoms with E-state index in [-0.39, 0.29) is 0 Å². The molecule has 1 heterocycles. The minimum absolute atomic E-state index is 0.769. The molecule has 0 atom stereocenters. The summed E-state index contributed by atoms with van der Waals surface area (Å²) in [5.74, 6) is 0. The molecule has 4 heteroatoms. The van der Waals surface area contributed by atoms with Crippen LogP contribution in [0.25, 0.3) is 10.9 Å². The maximum atomic E-state index is 5.98. The van der Waals surface area contributed by atoms with Gasteiger partial charge < -0.3 is 9.88 Å². The third-order valence-corrected chi connectivity index (χ3v) is 4.51. The van der Waals surface area contributed by atoms with E-state index in [1.165, 1.54) is 16.5 Å². The Morgan fingerprint density at radius 2 is 2.00 bits per heavy atom. The molecule has 1 aromatic heterocycles. The van der Waals surface area contributed by atoms with Gasteiger partial charge >= 0.3 is 0 Å². The first-order valence-electron chi connectivity index (χ1n) is 6.37. The molecule has 0 unspecified atom stereocenters. The largest absolute Gasteiger partial charge is 0.380 e. The highest BCUT2D eigenvalue weighted by molar-refractivity contribution is 14.1. The van der Waals surface area contributed by atoms with Crippen LogP contribution in [-0.4, -0.2) is 4.57 Å². The lowest BCUT2D eigenvalue weighted by atomic mass is 10.2. The lowest BCUT2D eigenvalue weighted by molar-refractivity contribution is 0.955. The van der Waals surface area contributed by atoms with Gasteiger partial charge in [-0.15, -0.1) is 0 Å². The van der Waals surface area contributed by atoms with Gasteiger partial charge in [0.2, 0.25) is 0 Å². The van der Waals surface area contributed by atoms with E-state index >= 15 is 0 Å². The second-order valence-electron chi connectivity index (χ2n) is 4.76. The molecule has 102 valence electrons. The summed E-state index contributed by atoms with van der Waals surface area (Å²) >= 11 is 8.28. The van der Waals surface area contributed by atoms with E-state index in [0.717, 1.165) is 20.8 Å². The van der Waals surface area contributed by atoms with E-state index in [1.807, 2.05) is 18.2 Å². The van der Waals surface area contributed by atoms with Gasteiger partial charge in [0.1, 0.15) is 0 Å². The molecule has 3 aromatic rings. The fourth-order valence-electron chi connectivity index (χ4n) is 2.39. The molecule has 0 saturated carbocycles. The Morgan fingerprint density at radius 1 is 1.20 bits per heavy atom. The van der Waals surface area contributed by atoms with Crippen LogP contribution in [0.5, 0.6) is 0 Å². The topological polar surface area (TPSA) is 17.0 Å². The molecular weight excluding hydrogens is 383 g/mol. The van der Waals surface area contributed by atoms with Gasteiger partial charge in [-0.25, -0.2) is 0 Å². The van der Waals surface area contributed by atoms with Crippen LogP contribution in [0.2, 0.25) is 5.02 Å². The number of rotatable bonds is 3. The third kappa shape index (κ3) is 2.65. The van der Waals surface area contributed by atoms with Crippen molar-refractivity contribution in [2.45, 2.75) is 6.54 Å². The van der Waals surface area contributed by atoms with E-state index in [9.17, 15) is 0 Å². The molecule has 20 heavy (non-hydrogen) atoms. The van der Waals surface area contributed by atoms with Crippen molar-refractivity contribution in [1.29, 1.82) is 0 Å². The third-order valence-electron chi connectivity index (χ3n) is 3.38. The van der Waals surface area contributed by atoms with Crippen LogP contribution < -0.4 is 5.32 Å². The van der Waals surface area contributed by atoms with Gasteiger partial charge in [0.25, 0.3) is 0 Å². The van der Waals surface area contributed by atoms with Crippen LogP contribution in [0.15, 0.2) is 48.7 Å². The summed E-state index contributed by atoms with van der Waals surface area (Å²) in [7, 11) is 2.08. The molecule has 0 aliphatic rings. The summed E-state index contributed by atoms with van der Waals surface area (Å²) in [6.07, 6.45) is 2.18. The van der Waals surface area contributed by atoms with Gasteiger partial charge in [0, 0.05) is 45.0 Å². The Hall–Kier alpha value is -1.20. The maximum Gasteiger partial charge on any atom is 0.0481 e. The summed E-state index contributed by atoms with van der Waals surface area (Å²) in [6, 6.07) is 14.4. The molecule has 0 aliphatic heterocycles. The van der Waals surface area contributed by atoms with E-state index in [2.05, 4.69) is 70.0 Å². The van der Waals surface area contributed by atoms with Crippen molar-refractivity contribution in [3.05, 3.63) is 62.8 Å². The first-order valence-corrected chi connectivity index (χ1v) is 7.82. The Balaban J connectivity index is 1.87. The van der Waals surface area contributed by atoms with Crippen LogP contribution in [0, 0.1) is 3.57 Å². The molecule has 0 spiro atoms. The Morgan fingerprint density at radius 3 is 2.80 bits per heavy atom. The van der Waals surface area contributed by atoms with Crippen molar-refractivity contribution >= 4 is 50.8 Å². The Labute approximate surface area is 136 Å². The first kappa shape index (κ1) is 13.8. The fraction of sp³-hybridized carbons (Fsp3) is 0.125. The number of halogens is 2. The number of aryl methyl sites for hydroxylation is 1. The van der Waals surface area contributed by atoms with Crippen LogP contribution in [0.4, 0.5) is 5.69 Å². The predicted molar refractivity (Wildman–Crippen MR) is 94.4 cm³/mol. The number of benzene rings is 2. The standard InChI is InChI=1S/C16H14ClIN2/c1-20-10-11(13-4-2-3-5-16(13)20)9-19-15-7-6-12(17)8-14(15)18/h2-8,10,19H,9H2,1H3. The van der Waals surface area contributed by atoms with E-state index in [1.54, 1.807) is 0 Å². The Kier molecular flexibility index (Phi) is 3.89. The molecule has 2 aromatic carbocycles. The number of aromatic nitrogens is 1. The lowest BCUT2D eigenvalue weighted by Gasteiger charge is -2.08. The molecular formula is C16H14ClIN2. The zero-order valence-electron chi connectivity index (χ0n) is 11.0. The number of fused-ring (bicyclic) bond motifs is 1. The minimum Gasteiger partial charge on any atom is -0.380 e. The fourth-order valence-corrected chi connectivity index (χ4v) is 3.45. The number of anilines is 1. The van der Waals surface area contributed by atoms with Crippen molar-refractivity contribution in [3.8, 4) is 0 Å².